The highest BCUT2D eigenvalue weighted by molar-refractivity contribution is 5.58. The molecule has 0 saturated heterocycles. The van der Waals surface area contributed by atoms with Gasteiger partial charge in [0, 0.05) is 11.6 Å². The molecular formula is C9H7N3O2. The van der Waals surface area contributed by atoms with Gasteiger partial charge in [-0.3, -0.25) is 10.1 Å². The first-order chi connectivity index (χ1) is 6.72. The predicted molar refractivity (Wildman–Crippen MR) is 49.1 cm³/mol. The fraction of sp³-hybridized carbons (Fsp3) is 0.333. The molecule has 5 heteroatoms. The zero-order valence-electron chi connectivity index (χ0n) is 7.30. The maximum atomic E-state index is 10.6. The van der Waals surface area contributed by atoms with Gasteiger partial charge in [-0.15, -0.1) is 4.98 Å². The second kappa shape index (κ2) is 3.07. The summed E-state index contributed by atoms with van der Waals surface area (Å²) in [7, 11) is 0. The normalized spacial score (nSPS) is 14.8. The average Bonchev–Trinajstić information content (AvgIpc) is 3.00. The van der Waals surface area contributed by atoms with Crippen LogP contribution in [0.5, 0.6) is 0 Å². The van der Waals surface area contributed by atoms with Crippen molar-refractivity contribution >= 4 is 11.5 Å². The summed E-state index contributed by atoms with van der Waals surface area (Å²) in [5.41, 5.74) is 0.702. The first kappa shape index (κ1) is 8.63. The van der Waals surface area contributed by atoms with Crippen LogP contribution in [0, 0.1) is 16.7 Å². The zero-order chi connectivity index (χ0) is 10.1. The van der Waals surface area contributed by atoms with Gasteiger partial charge in [0.25, 0.3) is 5.69 Å². The molecule has 0 atom stereocenters. The number of nitrogens with zero attached hydrogens (tertiary/aromatic N) is 3. The molecule has 70 valence electrons. The number of pyridine rings is 1. The van der Waals surface area contributed by atoms with Crippen LogP contribution in [0.4, 0.5) is 11.5 Å². The fourth-order valence-electron chi connectivity index (χ4n) is 1.32. The number of hydrogen-bond acceptors (Lipinski definition) is 3. The highest BCUT2D eigenvalue weighted by Gasteiger charge is 2.28. The maximum Gasteiger partial charge on any atom is 0.348 e. The van der Waals surface area contributed by atoms with E-state index in [0.29, 0.717) is 5.92 Å². The fourth-order valence-corrected chi connectivity index (χ4v) is 1.32. The second-order valence-electron chi connectivity index (χ2n) is 3.25. The molecule has 0 N–H and O–H groups in total. The summed E-state index contributed by atoms with van der Waals surface area (Å²) in [6, 6.07) is 1.47. The lowest BCUT2D eigenvalue weighted by molar-refractivity contribution is -0.384. The third-order valence-corrected chi connectivity index (χ3v) is 2.22. The molecule has 5 nitrogen and oxygen atoms in total. The SMILES string of the molecule is [C-]#[N+]c1ncc(C2CC2)cc1[N+](=O)[O-]. The highest BCUT2D eigenvalue weighted by atomic mass is 16.6. The second-order valence-corrected chi connectivity index (χ2v) is 3.25. The number of rotatable bonds is 2. The van der Waals surface area contributed by atoms with Crippen LogP contribution in [0.1, 0.15) is 24.3 Å². The molecule has 1 heterocycles. The molecular weight excluding hydrogens is 182 g/mol. The third-order valence-electron chi connectivity index (χ3n) is 2.22. The maximum absolute atomic E-state index is 10.6. The van der Waals surface area contributed by atoms with Gasteiger partial charge in [0.15, 0.2) is 0 Å². The molecule has 0 bridgehead atoms. The van der Waals surface area contributed by atoms with Crippen molar-refractivity contribution in [2.24, 2.45) is 0 Å². The summed E-state index contributed by atoms with van der Waals surface area (Å²) in [6.07, 6.45) is 3.70. The molecule has 1 saturated carbocycles. The standard InChI is InChI=1S/C9H7N3O2/c1-10-9-8(12(13)14)4-7(5-11-9)6-2-3-6/h4-6H,2-3H2. The van der Waals surface area contributed by atoms with Crippen molar-refractivity contribution < 1.29 is 4.92 Å². The van der Waals surface area contributed by atoms with Gasteiger partial charge < -0.3 is 4.85 Å². The van der Waals surface area contributed by atoms with Crippen molar-refractivity contribution in [2.75, 3.05) is 0 Å². The highest BCUT2D eigenvalue weighted by Crippen LogP contribution is 2.41. The Morgan fingerprint density at radius 3 is 2.86 bits per heavy atom. The van der Waals surface area contributed by atoms with Crippen LogP contribution in [-0.2, 0) is 0 Å². The van der Waals surface area contributed by atoms with E-state index >= 15 is 0 Å². The van der Waals surface area contributed by atoms with Crippen molar-refractivity contribution in [2.45, 2.75) is 18.8 Å². The Kier molecular flexibility index (Phi) is 1.89. The van der Waals surface area contributed by atoms with Gasteiger partial charge >= 0.3 is 5.82 Å². The Balaban J connectivity index is 2.47. The van der Waals surface area contributed by atoms with Crippen LogP contribution in [0.2, 0.25) is 0 Å². The first-order valence-electron chi connectivity index (χ1n) is 4.24. The number of hydrogen-bond donors (Lipinski definition) is 0. The van der Waals surface area contributed by atoms with Crippen molar-refractivity contribution in [3.05, 3.63) is 39.4 Å². The van der Waals surface area contributed by atoms with Crippen LogP contribution in [0.25, 0.3) is 4.85 Å². The average molecular weight is 189 g/mol. The van der Waals surface area contributed by atoms with E-state index in [1.165, 1.54) is 6.07 Å². The summed E-state index contributed by atoms with van der Waals surface area (Å²) >= 11 is 0. The molecule has 0 unspecified atom stereocenters. The third kappa shape index (κ3) is 1.42. The smallest absolute Gasteiger partial charge is 0.348 e. The van der Waals surface area contributed by atoms with E-state index < -0.39 is 4.92 Å². The van der Waals surface area contributed by atoms with E-state index in [0.717, 1.165) is 18.4 Å². The first-order valence-corrected chi connectivity index (χ1v) is 4.24. The van der Waals surface area contributed by atoms with Crippen LogP contribution >= 0.6 is 0 Å². The van der Waals surface area contributed by atoms with Gasteiger partial charge in [0.2, 0.25) is 0 Å². The van der Waals surface area contributed by atoms with Gasteiger partial charge in [-0.25, -0.2) is 0 Å². The lowest BCUT2D eigenvalue weighted by Crippen LogP contribution is -1.92. The Morgan fingerprint density at radius 1 is 1.64 bits per heavy atom. The van der Waals surface area contributed by atoms with Crippen molar-refractivity contribution in [3.8, 4) is 0 Å². The molecule has 1 fully saturated rings. The van der Waals surface area contributed by atoms with E-state index in [2.05, 4.69) is 9.83 Å². The molecule has 1 aliphatic rings. The van der Waals surface area contributed by atoms with Crippen LogP contribution in [0.15, 0.2) is 12.3 Å². The van der Waals surface area contributed by atoms with Crippen molar-refractivity contribution in [1.29, 1.82) is 0 Å². The van der Waals surface area contributed by atoms with E-state index in [-0.39, 0.29) is 11.5 Å². The number of aromatic nitrogens is 1. The van der Waals surface area contributed by atoms with Gasteiger partial charge in [-0.1, -0.05) is 6.57 Å². The molecule has 2 rings (SSSR count). The molecule has 14 heavy (non-hydrogen) atoms. The largest absolute Gasteiger partial charge is 0.355 e. The van der Waals surface area contributed by atoms with E-state index in [1.54, 1.807) is 6.20 Å². The minimum atomic E-state index is -0.549. The van der Waals surface area contributed by atoms with Gasteiger partial charge in [0.1, 0.15) is 6.20 Å². The summed E-state index contributed by atoms with van der Waals surface area (Å²) in [4.78, 5) is 16.8. The van der Waals surface area contributed by atoms with Gasteiger partial charge in [0.05, 0.1) is 4.92 Å². The van der Waals surface area contributed by atoms with Gasteiger partial charge in [-0.05, 0) is 18.8 Å². The monoisotopic (exact) mass is 189 g/mol. The Labute approximate surface area is 80.4 Å². The summed E-state index contributed by atoms with van der Waals surface area (Å²) in [5.74, 6) is 0.292. The zero-order valence-corrected chi connectivity index (χ0v) is 7.30. The van der Waals surface area contributed by atoms with E-state index in [4.69, 9.17) is 6.57 Å². The van der Waals surface area contributed by atoms with Crippen molar-refractivity contribution in [3.63, 3.8) is 0 Å². The topological polar surface area (TPSA) is 60.4 Å². The molecule has 0 spiro atoms. The summed E-state index contributed by atoms with van der Waals surface area (Å²) in [5, 5.41) is 10.6. The molecule has 0 radical (unpaired) electrons. The molecule has 0 amide bonds. The molecule has 0 aromatic carbocycles. The van der Waals surface area contributed by atoms with E-state index in [9.17, 15) is 10.1 Å². The van der Waals surface area contributed by atoms with Crippen LogP contribution in [0.3, 0.4) is 0 Å². The molecule has 1 aromatic heterocycles. The summed E-state index contributed by atoms with van der Waals surface area (Å²) in [6.45, 7) is 6.73. The molecule has 1 aromatic rings. The predicted octanol–water partition coefficient (Wildman–Crippen LogP) is 2.42. The summed E-state index contributed by atoms with van der Waals surface area (Å²) < 4.78 is 0. The Morgan fingerprint density at radius 2 is 2.36 bits per heavy atom. The quantitative estimate of drug-likeness (QED) is 0.407. The minimum absolute atomic E-state index is 0.126. The Hall–Kier alpha value is -1.96. The van der Waals surface area contributed by atoms with Crippen molar-refractivity contribution in [1.82, 2.24) is 4.98 Å². The Bertz CT molecular complexity index is 432. The lowest BCUT2D eigenvalue weighted by Gasteiger charge is -1.96. The van der Waals surface area contributed by atoms with Gasteiger partial charge in [-0.2, -0.15) is 0 Å². The molecule has 1 aliphatic carbocycles. The molecule has 0 aliphatic heterocycles. The van der Waals surface area contributed by atoms with Crippen LogP contribution in [-0.4, -0.2) is 9.91 Å². The van der Waals surface area contributed by atoms with Crippen LogP contribution < -0.4 is 0 Å². The minimum Gasteiger partial charge on any atom is -0.355 e. The number of nitro groups is 1. The van der Waals surface area contributed by atoms with E-state index in [1.807, 2.05) is 0 Å². The lowest BCUT2D eigenvalue weighted by atomic mass is 10.2.